The molecule has 1 aromatic carbocycles. The number of carbonyl (C=O) groups excluding carboxylic acids is 1. The first kappa shape index (κ1) is 16.8. The van der Waals surface area contributed by atoms with Crippen molar-refractivity contribution in [3.05, 3.63) is 47.2 Å². The number of nitrogens with zero attached hydrogens (tertiary/aromatic N) is 5. The lowest BCUT2D eigenvalue weighted by atomic mass is 10.1. The number of amides is 1. The Balaban J connectivity index is 1.37. The van der Waals surface area contributed by atoms with Crippen molar-refractivity contribution in [2.24, 2.45) is 5.92 Å². The van der Waals surface area contributed by atoms with Crippen molar-refractivity contribution >= 4 is 17.2 Å². The van der Waals surface area contributed by atoms with Crippen molar-refractivity contribution in [2.45, 2.75) is 19.5 Å². The Hall–Kier alpha value is -2.65. The van der Waals surface area contributed by atoms with Gasteiger partial charge in [-0.3, -0.25) is 4.79 Å². The maximum Gasteiger partial charge on any atom is 0.273 e. The molecule has 1 fully saturated rings. The van der Waals surface area contributed by atoms with E-state index in [2.05, 4.69) is 32.7 Å². The average Bonchev–Trinajstić information content (AvgIpc) is 3.41. The van der Waals surface area contributed by atoms with Crippen LogP contribution in [-0.4, -0.2) is 44.3 Å². The molecule has 3 aromatic rings. The second kappa shape index (κ2) is 7.30. The maximum atomic E-state index is 12.3. The number of hydrogen-bond donors (Lipinski definition) is 1. The smallest absolute Gasteiger partial charge is 0.273 e. The van der Waals surface area contributed by atoms with E-state index in [9.17, 15) is 4.79 Å². The summed E-state index contributed by atoms with van der Waals surface area (Å²) in [7, 11) is 0. The number of ether oxygens (including phenoxy) is 1. The van der Waals surface area contributed by atoms with Crippen LogP contribution in [0.25, 0.3) is 10.6 Å². The molecule has 1 aliphatic rings. The molecule has 2 aromatic heterocycles. The Bertz CT molecular complexity index is 894. The van der Waals surface area contributed by atoms with Crippen LogP contribution in [-0.2, 0) is 11.3 Å². The molecule has 2 unspecified atom stereocenters. The van der Waals surface area contributed by atoms with E-state index < -0.39 is 0 Å². The standard InChI is InChI=1S/C17H18N6O2S/c1-11-9-25-10-14(11)23-8-13(19-22-23)16(24)18-7-15-20-21-17(26-15)12-5-3-2-4-6-12/h2-6,8,11,14H,7,9-10H2,1H3,(H,18,24). The fourth-order valence-corrected chi connectivity index (χ4v) is 3.58. The number of aromatic nitrogens is 5. The van der Waals surface area contributed by atoms with Crippen molar-refractivity contribution in [2.75, 3.05) is 13.2 Å². The third kappa shape index (κ3) is 3.49. The van der Waals surface area contributed by atoms with Gasteiger partial charge in [-0.15, -0.1) is 15.3 Å². The fraction of sp³-hybridized carbons (Fsp3) is 0.353. The molecule has 8 nitrogen and oxygen atoms in total. The summed E-state index contributed by atoms with van der Waals surface area (Å²) in [5.41, 5.74) is 1.30. The highest BCUT2D eigenvalue weighted by Gasteiger charge is 2.27. The number of nitrogens with one attached hydrogen (secondary N) is 1. The number of hydrogen-bond acceptors (Lipinski definition) is 7. The summed E-state index contributed by atoms with van der Waals surface area (Å²) >= 11 is 1.45. The van der Waals surface area contributed by atoms with Gasteiger partial charge in [0.1, 0.15) is 10.0 Å². The van der Waals surface area contributed by atoms with Gasteiger partial charge >= 0.3 is 0 Å². The molecule has 134 valence electrons. The van der Waals surface area contributed by atoms with Crippen LogP contribution in [0.2, 0.25) is 0 Å². The highest BCUT2D eigenvalue weighted by molar-refractivity contribution is 7.14. The molecule has 0 aliphatic carbocycles. The lowest BCUT2D eigenvalue weighted by Crippen LogP contribution is -2.23. The van der Waals surface area contributed by atoms with Crippen molar-refractivity contribution in [3.8, 4) is 10.6 Å². The number of rotatable bonds is 5. The van der Waals surface area contributed by atoms with Gasteiger partial charge in [0.2, 0.25) is 0 Å². The predicted molar refractivity (Wildman–Crippen MR) is 95.6 cm³/mol. The van der Waals surface area contributed by atoms with Gasteiger partial charge in [-0.05, 0) is 0 Å². The van der Waals surface area contributed by atoms with Crippen LogP contribution in [0.15, 0.2) is 36.5 Å². The van der Waals surface area contributed by atoms with Crippen LogP contribution in [0.4, 0.5) is 0 Å². The molecule has 3 heterocycles. The van der Waals surface area contributed by atoms with E-state index in [4.69, 9.17) is 4.74 Å². The van der Waals surface area contributed by atoms with Gasteiger partial charge in [-0.25, -0.2) is 4.68 Å². The summed E-state index contributed by atoms with van der Waals surface area (Å²) in [5, 5.41) is 20.7. The Kier molecular flexibility index (Phi) is 4.72. The summed E-state index contributed by atoms with van der Waals surface area (Å²) in [6.45, 7) is 3.70. The Morgan fingerprint density at radius 2 is 2.12 bits per heavy atom. The van der Waals surface area contributed by atoms with Gasteiger partial charge in [0.25, 0.3) is 5.91 Å². The molecule has 4 rings (SSSR count). The molecule has 0 bridgehead atoms. The van der Waals surface area contributed by atoms with Gasteiger partial charge in [-0.2, -0.15) is 0 Å². The quantitative estimate of drug-likeness (QED) is 0.737. The van der Waals surface area contributed by atoms with Crippen LogP contribution in [0.1, 0.15) is 28.5 Å². The molecule has 1 saturated heterocycles. The first-order valence-corrected chi connectivity index (χ1v) is 9.18. The van der Waals surface area contributed by atoms with Crippen LogP contribution in [0.5, 0.6) is 0 Å². The SMILES string of the molecule is CC1COCC1n1cc(C(=O)NCc2nnc(-c3ccccc3)s2)nn1. The van der Waals surface area contributed by atoms with E-state index in [1.165, 1.54) is 11.3 Å². The molecule has 0 radical (unpaired) electrons. The molecule has 26 heavy (non-hydrogen) atoms. The lowest BCUT2D eigenvalue weighted by molar-refractivity contribution is 0.0945. The van der Waals surface area contributed by atoms with Crippen LogP contribution < -0.4 is 5.32 Å². The molecule has 2 atom stereocenters. The zero-order valence-electron chi connectivity index (χ0n) is 14.2. The van der Waals surface area contributed by atoms with E-state index >= 15 is 0 Å². The largest absolute Gasteiger partial charge is 0.379 e. The highest BCUT2D eigenvalue weighted by atomic mass is 32.1. The summed E-state index contributed by atoms with van der Waals surface area (Å²) < 4.78 is 7.15. The van der Waals surface area contributed by atoms with Crippen molar-refractivity contribution < 1.29 is 9.53 Å². The van der Waals surface area contributed by atoms with Gasteiger partial charge in [-0.1, -0.05) is 53.8 Å². The summed E-state index contributed by atoms with van der Waals surface area (Å²) in [4.78, 5) is 12.3. The van der Waals surface area contributed by atoms with Crippen LogP contribution in [0.3, 0.4) is 0 Å². The number of benzene rings is 1. The first-order valence-electron chi connectivity index (χ1n) is 8.36. The van der Waals surface area contributed by atoms with Crippen LogP contribution in [0, 0.1) is 5.92 Å². The summed E-state index contributed by atoms with van der Waals surface area (Å²) in [6.07, 6.45) is 1.67. The minimum Gasteiger partial charge on any atom is -0.379 e. The zero-order chi connectivity index (χ0) is 17.9. The van der Waals surface area contributed by atoms with E-state index in [0.717, 1.165) is 15.6 Å². The predicted octanol–water partition coefficient (Wildman–Crippen LogP) is 1.93. The Morgan fingerprint density at radius 3 is 2.88 bits per heavy atom. The minimum absolute atomic E-state index is 0.126. The third-order valence-electron chi connectivity index (χ3n) is 4.30. The summed E-state index contributed by atoms with van der Waals surface area (Å²) in [6, 6.07) is 9.96. The third-order valence-corrected chi connectivity index (χ3v) is 5.27. The van der Waals surface area contributed by atoms with Gasteiger partial charge < -0.3 is 10.1 Å². The second-order valence-corrected chi connectivity index (χ2v) is 7.28. The molecular formula is C17H18N6O2S. The highest BCUT2D eigenvalue weighted by Crippen LogP contribution is 2.24. The van der Waals surface area contributed by atoms with Gasteiger partial charge in [0.05, 0.1) is 32.0 Å². The summed E-state index contributed by atoms with van der Waals surface area (Å²) in [5.74, 6) is 0.0738. The van der Waals surface area contributed by atoms with Crippen molar-refractivity contribution in [3.63, 3.8) is 0 Å². The molecular weight excluding hydrogens is 352 g/mol. The monoisotopic (exact) mass is 370 g/mol. The molecule has 9 heteroatoms. The Morgan fingerprint density at radius 1 is 1.27 bits per heavy atom. The van der Waals surface area contributed by atoms with E-state index in [1.807, 2.05) is 30.3 Å². The fourth-order valence-electron chi connectivity index (χ4n) is 2.80. The van der Waals surface area contributed by atoms with E-state index in [1.54, 1.807) is 10.9 Å². The van der Waals surface area contributed by atoms with Crippen LogP contribution >= 0.6 is 11.3 Å². The van der Waals surface area contributed by atoms with Crippen molar-refractivity contribution in [1.29, 1.82) is 0 Å². The van der Waals surface area contributed by atoms with Gasteiger partial charge in [0, 0.05) is 11.5 Å². The van der Waals surface area contributed by atoms with E-state index in [0.29, 0.717) is 25.7 Å². The minimum atomic E-state index is -0.278. The average molecular weight is 370 g/mol. The molecule has 1 N–H and O–H groups in total. The second-order valence-electron chi connectivity index (χ2n) is 6.22. The molecule has 0 spiro atoms. The topological polar surface area (TPSA) is 94.8 Å². The zero-order valence-corrected chi connectivity index (χ0v) is 15.0. The first-order chi connectivity index (χ1) is 12.7. The molecule has 0 saturated carbocycles. The maximum absolute atomic E-state index is 12.3. The number of carbonyl (C=O) groups is 1. The van der Waals surface area contributed by atoms with Gasteiger partial charge in [0.15, 0.2) is 5.69 Å². The lowest BCUT2D eigenvalue weighted by Gasteiger charge is -2.11. The molecule has 1 aliphatic heterocycles. The van der Waals surface area contributed by atoms with E-state index in [-0.39, 0.29) is 17.6 Å². The normalized spacial score (nSPS) is 19.6. The van der Waals surface area contributed by atoms with Crippen molar-refractivity contribution in [1.82, 2.24) is 30.5 Å². The molecule has 1 amide bonds. The Labute approximate surface area is 154 Å².